The lowest BCUT2D eigenvalue weighted by molar-refractivity contribution is -0.231. The zero-order valence-electron chi connectivity index (χ0n) is 27.9. The number of aliphatic hydroxyl groups is 3. The third kappa shape index (κ3) is 7.79. The monoisotopic (exact) mass is 686 g/mol. The maximum absolute atomic E-state index is 13.0. The summed E-state index contributed by atoms with van der Waals surface area (Å²) in [7, 11) is 0. The number of anilines is 1. The number of morpholine rings is 1. The second kappa shape index (κ2) is 14.9. The molecule has 3 saturated heterocycles. The number of rotatable bonds is 11. The molecule has 4 heterocycles. The van der Waals surface area contributed by atoms with E-state index in [0.29, 0.717) is 44.0 Å². The number of nitrogens with zero attached hydrogens (tertiary/aromatic N) is 4. The van der Waals surface area contributed by atoms with Gasteiger partial charge in [-0.15, -0.1) is 0 Å². The van der Waals surface area contributed by atoms with Gasteiger partial charge in [-0.25, -0.2) is 9.78 Å². The number of hydrogen-bond donors (Lipinski definition) is 7. The van der Waals surface area contributed by atoms with Gasteiger partial charge in [0.2, 0.25) is 5.91 Å². The van der Waals surface area contributed by atoms with E-state index in [9.17, 15) is 39.9 Å². The summed E-state index contributed by atoms with van der Waals surface area (Å²) in [6.07, 6.45) is -1.30. The normalized spacial score (nSPS) is 28.6. The number of aromatic nitrogens is 2. The van der Waals surface area contributed by atoms with Crippen LogP contribution in [-0.4, -0.2) is 146 Å². The van der Waals surface area contributed by atoms with Gasteiger partial charge in [0.05, 0.1) is 43.2 Å². The number of ether oxygens (including phenoxy) is 2. The van der Waals surface area contributed by atoms with E-state index in [-0.39, 0.29) is 30.7 Å². The molecule has 49 heavy (non-hydrogen) atoms. The molecule has 0 radical (unpaired) electrons. The van der Waals surface area contributed by atoms with E-state index in [0.717, 1.165) is 12.2 Å². The molecule has 7 N–H and O–H groups in total. The number of carboxylic acid groups (broad SMARTS) is 1. The van der Waals surface area contributed by atoms with Gasteiger partial charge in [-0.2, -0.15) is 0 Å². The summed E-state index contributed by atoms with van der Waals surface area (Å²) < 4.78 is 12.0. The molecular formula is C33H46N6O10. The van der Waals surface area contributed by atoms with Crippen molar-refractivity contribution in [2.24, 2.45) is 0 Å². The van der Waals surface area contributed by atoms with Gasteiger partial charge in [0, 0.05) is 70.4 Å². The number of phenols is 1. The summed E-state index contributed by atoms with van der Waals surface area (Å²) in [6.45, 7) is 6.98. The molecule has 16 nitrogen and oxygen atoms in total. The molecule has 0 bridgehead atoms. The van der Waals surface area contributed by atoms with E-state index in [4.69, 9.17) is 9.47 Å². The van der Waals surface area contributed by atoms with Gasteiger partial charge in [-0.05, 0) is 43.5 Å². The zero-order chi connectivity index (χ0) is 35.5. The molecule has 2 amide bonds. The van der Waals surface area contributed by atoms with E-state index < -0.39 is 65.9 Å². The van der Waals surface area contributed by atoms with Crippen molar-refractivity contribution in [3.05, 3.63) is 47.4 Å². The van der Waals surface area contributed by atoms with Crippen LogP contribution in [0.25, 0.3) is 0 Å². The van der Waals surface area contributed by atoms with Crippen LogP contribution in [0.15, 0.2) is 30.7 Å². The fourth-order valence-electron chi connectivity index (χ4n) is 7.20. The smallest absolute Gasteiger partial charge is 0.336 e. The molecule has 3 fully saturated rings. The van der Waals surface area contributed by atoms with E-state index >= 15 is 0 Å². The van der Waals surface area contributed by atoms with Crippen molar-refractivity contribution in [3.8, 4) is 5.75 Å². The number of aliphatic hydroxyl groups excluding tert-OH is 3. The van der Waals surface area contributed by atoms with Crippen molar-refractivity contribution in [1.82, 2.24) is 25.5 Å². The average Bonchev–Trinajstić information content (AvgIpc) is 3.50. The lowest BCUT2D eigenvalue weighted by Crippen LogP contribution is -2.68. The molecule has 1 aromatic heterocycles. The minimum Gasteiger partial charge on any atom is -0.507 e. The molecule has 3 aliphatic rings. The summed E-state index contributed by atoms with van der Waals surface area (Å²) in [5.74, 6) is -1.71. The average molecular weight is 687 g/mol. The number of aromatic hydroxyl groups is 1. The third-order valence-corrected chi connectivity index (χ3v) is 9.92. The van der Waals surface area contributed by atoms with Gasteiger partial charge < -0.3 is 50.5 Å². The summed E-state index contributed by atoms with van der Waals surface area (Å²) in [5.41, 5.74) is -1.21. The first-order valence-corrected chi connectivity index (χ1v) is 16.4. The Balaban J connectivity index is 1.31. The fourth-order valence-corrected chi connectivity index (χ4v) is 7.20. The molecule has 1 spiro atoms. The van der Waals surface area contributed by atoms with Crippen molar-refractivity contribution >= 4 is 23.6 Å². The van der Waals surface area contributed by atoms with Gasteiger partial charge in [0.25, 0.3) is 5.91 Å². The van der Waals surface area contributed by atoms with Crippen LogP contribution in [0.1, 0.15) is 47.7 Å². The molecule has 5 rings (SSSR count). The number of nitrogens with one attached hydrogen (secondary N) is 2. The Morgan fingerprint density at radius 1 is 1.14 bits per heavy atom. The Bertz CT molecular complexity index is 1490. The van der Waals surface area contributed by atoms with E-state index in [1.165, 1.54) is 19.1 Å². The molecule has 268 valence electrons. The summed E-state index contributed by atoms with van der Waals surface area (Å²) >= 11 is 0. The first-order chi connectivity index (χ1) is 23.2. The maximum Gasteiger partial charge on any atom is 0.336 e. The quantitative estimate of drug-likeness (QED) is 0.152. The molecule has 7 atom stereocenters. The van der Waals surface area contributed by atoms with E-state index in [2.05, 4.69) is 30.4 Å². The number of carboxylic acids is 1. The van der Waals surface area contributed by atoms with Crippen molar-refractivity contribution in [1.29, 1.82) is 0 Å². The van der Waals surface area contributed by atoms with Gasteiger partial charge in [-0.3, -0.25) is 19.5 Å². The van der Waals surface area contributed by atoms with Crippen LogP contribution >= 0.6 is 0 Å². The molecule has 0 unspecified atom stereocenters. The first kappa shape index (κ1) is 36.4. The summed E-state index contributed by atoms with van der Waals surface area (Å²) in [4.78, 5) is 50.8. The summed E-state index contributed by atoms with van der Waals surface area (Å²) in [5, 5.41) is 59.2. The lowest BCUT2D eigenvalue weighted by Gasteiger charge is -2.49. The van der Waals surface area contributed by atoms with Crippen LogP contribution in [0.3, 0.4) is 0 Å². The van der Waals surface area contributed by atoms with E-state index in [1.807, 2.05) is 0 Å². The minimum absolute atomic E-state index is 0.0574. The number of aryl methyl sites for hydroxylation is 2. The van der Waals surface area contributed by atoms with Crippen LogP contribution < -0.4 is 15.5 Å². The van der Waals surface area contributed by atoms with Gasteiger partial charge in [0.1, 0.15) is 23.8 Å². The number of aliphatic carboxylic acids is 1. The Kier molecular flexibility index (Phi) is 11.1. The number of benzene rings is 1. The zero-order valence-corrected chi connectivity index (χ0v) is 27.9. The van der Waals surface area contributed by atoms with Gasteiger partial charge in [0.15, 0.2) is 5.60 Å². The SMILES string of the molecule is CC(=O)N[C@H]1[C@H]([C@H](O)[C@H](O)CNC(=O)c2cc(C)c(O)c(C)c2)O[C@@](CCN2CCOC[C@@]23CCN(c2cnccn2)C3)(C(=O)O)C[C@@H]1O. The highest BCUT2D eigenvalue weighted by Gasteiger charge is 2.55. The second-order valence-corrected chi connectivity index (χ2v) is 13.4. The van der Waals surface area contributed by atoms with Crippen molar-refractivity contribution in [3.63, 3.8) is 0 Å². The molecule has 0 saturated carbocycles. The number of carbonyl (C=O) groups is 3. The topological polar surface area (TPSA) is 227 Å². The van der Waals surface area contributed by atoms with Crippen LogP contribution in [-0.2, 0) is 19.1 Å². The number of hydrogen-bond acceptors (Lipinski definition) is 13. The molecule has 2 aromatic rings. The lowest BCUT2D eigenvalue weighted by atomic mass is 9.81. The standard InChI is InChI=1S/C33H46N6O10/c1-19-12-22(13-20(2)27(19)43)30(45)36-15-24(42)28(44)29-26(37-21(3)40)23(41)14-33(49-29,31(46)47)5-9-39-10-11-48-18-32(39)4-8-38(17-32)25-16-34-6-7-35-25/h6-7,12-13,16,23-24,26,28-29,41-44H,4-5,8-11,14-15,17-18H2,1-3H3,(H,36,45)(H,37,40)(H,46,47)/t23-,24+,26+,28+,29+,32-,33+/m0/s1. The highest BCUT2D eigenvalue weighted by Crippen LogP contribution is 2.38. The predicted octanol–water partition coefficient (Wildman–Crippen LogP) is -0.900. The summed E-state index contributed by atoms with van der Waals surface area (Å²) in [6, 6.07) is 1.71. The molecule has 1 aromatic carbocycles. The Morgan fingerprint density at radius 2 is 1.88 bits per heavy atom. The van der Waals surface area contributed by atoms with Crippen LogP contribution in [0.5, 0.6) is 5.75 Å². The molecule has 0 aliphatic carbocycles. The van der Waals surface area contributed by atoms with Crippen molar-refractivity contribution < 1.29 is 49.4 Å². The van der Waals surface area contributed by atoms with Gasteiger partial charge in [-0.1, -0.05) is 0 Å². The Labute approximate surface area is 284 Å². The predicted molar refractivity (Wildman–Crippen MR) is 174 cm³/mol. The maximum atomic E-state index is 13.0. The van der Waals surface area contributed by atoms with Crippen LogP contribution in [0.4, 0.5) is 5.82 Å². The number of carbonyl (C=O) groups excluding carboxylic acids is 2. The largest absolute Gasteiger partial charge is 0.507 e. The van der Waals surface area contributed by atoms with Gasteiger partial charge >= 0.3 is 5.97 Å². The molecule has 16 heteroatoms. The Morgan fingerprint density at radius 3 is 2.53 bits per heavy atom. The molecule has 3 aliphatic heterocycles. The molecular weight excluding hydrogens is 640 g/mol. The van der Waals surface area contributed by atoms with E-state index in [1.54, 1.807) is 32.4 Å². The first-order valence-electron chi connectivity index (χ1n) is 16.4. The van der Waals surface area contributed by atoms with Crippen molar-refractivity contribution in [2.75, 3.05) is 50.8 Å². The fraction of sp³-hybridized carbons (Fsp3) is 0.606. The Hall–Kier alpha value is -3.93. The van der Waals surface area contributed by atoms with Crippen molar-refractivity contribution in [2.45, 2.75) is 81.6 Å². The van der Waals surface area contributed by atoms with Crippen LogP contribution in [0.2, 0.25) is 0 Å². The second-order valence-electron chi connectivity index (χ2n) is 13.4. The highest BCUT2D eigenvalue weighted by atomic mass is 16.6. The highest BCUT2D eigenvalue weighted by molar-refractivity contribution is 5.94. The number of phenolic OH excluding ortho intramolecular Hbond substituents is 1. The third-order valence-electron chi connectivity index (χ3n) is 9.92. The van der Waals surface area contributed by atoms with Crippen LogP contribution in [0, 0.1) is 13.8 Å². The number of amides is 2. The minimum atomic E-state index is -1.98.